The van der Waals surface area contributed by atoms with Crippen LogP contribution < -0.4 is 0 Å². The summed E-state index contributed by atoms with van der Waals surface area (Å²) in [6.45, 7) is 1.77. The zero-order valence-electron chi connectivity index (χ0n) is 11.6. The Kier molecular flexibility index (Phi) is 5.19. The van der Waals surface area contributed by atoms with Crippen molar-refractivity contribution in [2.24, 2.45) is 0 Å². The molecule has 112 valence electrons. The van der Waals surface area contributed by atoms with Crippen molar-refractivity contribution in [2.45, 2.75) is 29.6 Å². The second-order valence-corrected chi connectivity index (χ2v) is 7.88. The standard InChI is InChI=1S/C16H17BrO3S/c1-2-15(16(18)12-6-4-3-5-7-12)21(19,20)14-10-8-13(17)9-11-14/h3-11,15-16,18H,2H2,1H3. The number of benzene rings is 2. The summed E-state index contributed by atoms with van der Waals surface area (Å²) in [6.07, 6.45) is -0.695. The third-order valence-corrected chi connectivity index (χ3v) is 6.28. The molecule has 0 saturated heterocycles. The summed E-state index contributed by atoms with van der Waals surface area (Å²) in [6, 6.07) is 15.4. The van der Waals surface area contributed by atoms with Crippen molar-refractivity contribution >= 4 is 25.8 Å². The normalized spacial score (nSPS) is 14.6. The van der Waals surface area contributed by atoms with Gasteiger partial charge in [0, 0.05) is 4.47 Å². The van der Waals surface area contributed by atoms with Crippen LogP contribution in [-0.4, -0.2) is 18.8 Å². The number of aliphatic hydroxyl groups excluding tert-OH is 1. The average molecular weight is 369 g/mol. The van der Waals surface area contributed by atoms with Crippen molar-refractivity contribution < 1.29 is 13.5 Å². The van der Waals surface area contributed by atoms with Gasteiger partial charge in [-0.2, -0.15) is 0 Å². The second kappa shape index (κ2) is 6.73. The highest BCUT2D eigenvalue weighted by molar-refractivity contribution is 9.10. The smallest absolute Gasteiger partial charge is 0.184 e. The van der Waals surface area contributed by atoms with Crippen LogP contribution in [0.4, 0.5) is 0 Å². The Morgan fingerprint density at radius 2 is 1.62 bits per heavy atom. The van der Waals surface area contributed by atoms with Crippen molar-refractivity contribution in [1.82, 2.24) is 0 Å². The van der Waals surface area contributed by atoms with E-state index in [-0.39, 0.29) is 4.90 Å². The van der Waals surface area contributed by atoms with Gasteiger partial charge < -0.3 is 5.11 Å². The van der Waals surface area contributed by atoms with Gasteiger partial charge in [-0.25, -0.2) is 8.42 Å². The van der Waals surface area contributed by atoms with Gasteiger partial charge in [-0.15, -0.1) is 0 Å². The maximum atomic E-state index is 12.7. The molecule has 2 atom stereocenters. The zero-order valence-corrected chi connectivity index (χ0v) is 14.0. The lowest BCUT2D eigenvalue weighted by Crippen LogP contribution is -2.28. The summed E-state index contributed by atoms with van der Waals surface area (Å²) in [7, 11) is -3.59. The molecule has 0 aliphatic rings. The second-order valence-electron chi connectivity index (χ2n) is 4.80. The van der Waals surface area contributed by atoms with Gasteiger partial charge in [-0.1, -0.05) is 53.2 Å². The Hall–Kier alpha value is -1.17. The van der Waals surface area contributed by atoms with Crippen molar-refractivity contribution in [1.29, 1.82) is 0 Å². The number of rotatable bonds is 5. The van der Waals surface area contributed by atoms with Crippen molar-refractivity contribution in [2.75, 3.05) is 0 Å². The van der Waals surface area contributed by atoms with E-state index < -0.39 is 21.2 Å². The molecule has 0 radical (unpaired) electrons. The van der Waals surface area contributed by atoms with Gasteiger partial charge in [0.2, 0.25) is 0 Å². The Morgan fingerprint density at radius 3 is 2.14 bits per heavy atom. The van der Waals surface area contributed by atoms with E-state index in [2.05, 4.69) is 15.9 Å². The van der Waals surface area contributed by atoms with Crippen molar-refractivity contribution in [3.8, 4) is 0 Å². The first-order valence-electron chi connectivity index (χ1n) is 6.69. The fourth-order valence-corrected chi connectivity index (χ4v) is 4.34. The molecular weight excluding hydrogens is 352 g/mol. The monoisotopic (exact) mass is 368 g/mol. The van der Waals surface area contributed by atoms with Crippen LogP contribution in [0.25, 0.3) is 0 Å². The van der Waals surface area contributed by atoms with E-state index in [0.29, 0.717) is 12.0 Å². The van der Waals surface area contributed by atoms with Crippen LogP contribution >= 0.6 is 15.9 Å². The molecule has 1 N–H and O–H groups in total. The highest BCUT2D eigenvalue weighted by Crippen LogP contribution is 2.29. The van der Waals surface area contributed by atoms with Gasteiger partial charge in [0.15, 0.2) is 9.84 Å². The maximum Gasteiger partial charge on any atom is 0.184 e. The Balaban J connectivity index is 2.38. The zero-order chi connectivity index (χ0) is 15.5. The van der Waals surface area contributed by atoms with Gasteiger partial charge in [0.25, 0.3) is 0 Å². The lowest BCUT2D eigenvalue weighted by Gasteiger charge is -2.22. The molecule has 0 amide bonds. The molecule has 0 fully saturated rings. The molecule has 21 heavy (non-hydrogen) atoms. The van der Waals surface area contributed by atoms with Crippen LogP contribution in [0.15, 0.2) is 64.0 Å². The summed E-state index contributed by atoms with van der Waals surface area (Å²) in [5.41, 5.74) is 0.616. The molecule has 0 bridgehead atoms. The quantitative estimate of drug-likeness (QED) is 0.874. The average Bonchev–Trinajstić information content (AvgIpc) is 2.49. The lowest BCUT2D eigenvalue weighted by atomic mass is 10.1. The summed E-state index contributed by atoms with van der Waals surface area (Å²) in [4.78, 5) is 0.229. The largest absolute Gasteiger partial charge is 0.387 e. The summed E-state index contributed by atoms with van der Waals surface area (Å²) in [5.74, 6) is 0. The molecule has 0 heterocycles. The van der Waals surface area contributed by atoms with Crippen LogP contribution in [0.5, 0.6) is 0 Å². The van der Waals surface area contributed by atoms with E-state index in [1.807, 2.05) is 6.07 Å². The molecule has 0 saturated carbocycles. The fraction of sp³-hybridized carbons (Fsp3) is 0.250. The summed E-state index contributed by atoms with van der Waals surface area (Å²) in [5, 5.41) is 9.58. The van der Waals surface area contributed by atoms with Gasteiger partial charge in [0.1, 0.15) is 0 Å². The van der Waals surface area contributed by atoms with E-state index in [0.717, 1.165) is 4.47 Å². The van der Waals surface area contributed by atoms with Gasteiger partial charge in [-0.3, -0.25) is 0 Å². The number of halogens is 1. The molecule has 2 rings (SSSR count). The predicted octanol–water partition coefficient (Wildman–Crippen LogP) is 3.74. The predicted molar refractivity (Wildman–Crippen MR) is 86.8 cm³/mol. The third kappa shape index (κ3) is 3.54. The summed E-state index contributed by atoms with van der Waals surface area (Å²) >= 11 is 3.29. The van der Waals surface area contributed by atoms with Crippen LogP contribution in [-0.2, 0) is 9.84 Å². The van der Waals surface area contributed by atoms with Crippen LogP contribution in [0, 0.1) is 0 Å². The third-order valence-electron chi connectivity index (χ3n) is 3.44. The Bertz CT molecular complexity index is 681. The number of sulfone groups is 1. The number of aliphatic hydroxyl groups is 1. The molecule has 2 aromatic rings. The van der Waals surface area contributed by atoms with Crippen molar-refractivity contribution in [3.05, 3.63) is 64.6 Å². The van der Waals surface area contributed by atoms with Gasteiger partial charge in [-0.05, 0) is 36.2 Å². The maximum absolute atomic E-state index is 12.7. The molecule has 0 aliphatic carbocycles. The lowest BCUT2D eigenvalue weighted by molar-refractivity contribution is 0.169. The first-order valence-corrected chi connectivity index (χ1v) is 9.03. The van der Waals surface area contributed by atoms with E-state index >= 15 is 0 Å². The first-order chi connectivity index (χ1) is 9.96. The van der Waals surface area contributed by atoms with Crippen LogP contribution in [0.2, 0.25) is 0 Å². The minimum absolute atomic E-state index is 0.229. The van der Waals surface area contributed by atoms with E-state index in [4.69, 9.17) is 0 Å². The number of hydrogen-bond donors (Lipinski definition) is 1. The van der Waals surface area contributed by atoms with Crippen LogP contribution in [0.1, 0.15) is 25.0 Å². The Morgan fingerprint density at radius 1 is 1.05 bits per heavy atom. The van der Waals surface area contributed by atoms with Crippen molar-refractivity contribution in [3.63, 3.8) is 0 Å². The fourth-order valence-electron chi connectivity index (χ4n) is 2.28. The van der Waals surface area contributed by atoms with Gasteiger partial charge in [0.05, 0.1) is 16.2 Å². The molecule has 3 nitrogen and oxygen atoms in total. The molecule has 2 aromatic carbocycles. The molecule has 0 aliphatic heterocycles. The summed E-state index contributed by atoms with van der Waals surface area (Å²) < 4.78 is 26.2. The highest BCUT2D eigenvalue weighted by atomic mass is 79.9. The van der Waals surface area contributed by atoms with E-state index in [1.54, 1.807) is 55.5 Å². The topological polar surface area (TPSA) is 54.4 Å². The molecule has 0 aromatic heterocycles. The van der Waals surface area contributed by atoms with Gasteiger partial charge >= 0.3 is 0 Å². The molecule has 2 unspecified atom stereocenters. The van der Waals surface area contributed by atoms with E-state index in [1.165, 1.54) is 0 Å². The minimum atomic E-state index is -3.59. The highest BCUT2D eigenvalue weighted by Gasteiger charge is 2.33. The minimum Gasteiger partial charge on any atom is -0.387 e. The molecule has 0 spiro atoms. The Labute approximate surface area is 133 Å². The van der Waals surface area contributed by atoms with E-state index in [9.17, 15) is 13.5 Å². The molecule has 5 heteroatoms. The SMILES string of the molecule is CCC(C(O)c1ccccc1)S(=O)(=O)c1ccc(Br)cc1. The molecular formula is C16H17BrO3S. The van der Waals surface area contributed by atoms with Crippen LogP contribution in [0.3, 0.4) is 0 Å². The number of hydrogen-bond acceptors (Lipinski definition) is 3. The first kappa shape index (κ1) is 16.2.